The second kappa shape index (κ2) is 5.91. The molecule has 0 aliphatic heterocycles. The Bertz CT molecular complexity index is 289. The van der Waals surface area contributed by atoms with Gasteiger partial charge in [0.15, 0.2) is 0 Å². The Balaban J connectivity index is 2.33. The van der Waals surface area contributed by atoms with E-state index in [1.807, 2.05) is 4.68 Å². The van der Waals surface area contributed by atoms with Gasteiger partial charge < -0.3 is 5.32 Å². The van der Waals surface area contributed by atoms with E-state index in [0.29, 0.717) is 0 Å². The first kappa shape index (κ1) is 12.2. The summed E-state index contributed by atoms with van der Waals surface area (Å²) in [6, 6.07) is 0. The van der Waals surface area contributed by atoms with Gasteiger partial charge in [0.05, 0.1) is 5.69 Å². The Labute approximate surface area is 92.9 Å². The van der Waals surface area contributed by atoms with E-state index in [2.05, 4.69) is 44.3 Å². The highest BCUT2D eigenvalue weighted by Gasteiger charge is 2.03. The molecule has 0 saturated carbocycles. The average Bonchev–Trinajstić information content (AvgIpc) is 2.54. The van der Waals surface area contributed by atoms with E-state index in [4.69, 9.17) is 0 Å². The minimum absolute atomic E-state index is 0.775. The molecule has 3 heteroatoms. The molecule has 3 nitrogen and oxygen atoms in total. The van der Waals surface area contributed by atoms with Crippen LogP contribution in [0.25, 0.3) is 0 Å². The molecule has 0 atom stereocenters. The summed E-state index contributed by atoms with van der Waals surface area (Å²) in [6.45, 7) is 11.7. The van der Waals surface area contributed by atoms with E-state index in [9.17, 15) is 0 Å². The third-order valence-corrected chi connectivity index (χ3v) is 2.59. The van der Waals surface area contributed by atoms with Gasteiger partial charge in [-0.25, -0.2) is 0 Å². The highest BCUT2D eigenvalue weighted by molar-refractivity contribution is 5.14. The molecule has 0 bridgehead atoms. The Hall–Kier alpha value is -0.830. The van der Waals surface area contributed by atoms with Gasteiger partial charge in [0.2, 0.25) is 0 Å². The van der Waals surface area contributed by atoms with Crippen molar-refractivity contribution < 1.29 is 0 Å². The lowest BCUT2D eigenvalue weighted by atomic mass is 10.1. The van der Waals surface area contributed by atoms with Crippen molar-refractivity contribution in [3.63, 3.8) is 0 Å². The van der Waals surface area contributed by atoms with Crippen LogP contribution in [0.4, 0.5) is 0 Å². The molecule has 1 heterocycles. The molecule has 0 aliphatic carbocycles. The zero-order valence-electron chi connectivity index (χ0n) is 10.4. The lowest BCUT2D eigenvalue weighted by molar-refractivity contribution is 0.537. The maximum Gasteiger partial charge on any atom is 0.0638 e. The first-order valence-electron chi connectivity index (χ1n) is 5.87. The summed E-state index contributed by atoms with van der Waals surface area (Å²) in [6.07, 6.45) is 3.37. The van der Waals surface area contributed by atoms with E-state index in [-0.39, 0.29) is 0 Å². The first-order chi connectivity index (χ1) is 7.13. The maximum atomic E-state index is 4.42. The Kier molecular flexibility index (Phi) is 4.82. The van der Waals surface area contributed by atoms with Crippen LogP contribution in [0.3, 0.4) is 0 Å². The average molecular weight is 209 g/mol. The minimum atomic E-state index is 0.775. The Morgan fingerprint density at radius 2 is 2.20 bits per heavy atom. The predicted octanol–water partition coefficient (Wildman–Crippen LogP) is 2.35. The van der Waals surface area contributed by atoms with Crippen LogP contribution in [-0.2, 0) is 13.1 Å². The smallest absolute Gasteiger partial charge is 0.0638 e. The largest absolute Gasteiger partial charge is 0.313 e. The lowest BCUT2D eigenvalue weighted by Gasteiger charge is -2.05. The molecule has 0 fully saturated rings. The summed E-state index contributed by atoms with van der Waals surface area (Å²) in [5.41, 5.74) is 2.47. The van der Waals surface area contributed by atoms with Gasteiger partial charge in [-0.2, -0.15) is 5.10 Å². The lowest BCUT2D eigenvalue weighted by Crippen LogP contribution is -2.16. The van der Waals surface area contributed by atoms with Crippen molar-refractivity contribution in [3.8, 4) is 0 Å². The highest BCUT2D eigenvalue weighted by Crippen LogP contribution is 2.05. The second-order valence-corrected chi connectivity index (χ2v) is 4.45. The standard InChI is InChI=1S/C12H23N3/c1-5-15-9-12(11(4)14-15)8-13-7-6-10(2)3/h9-10,13H,5-8H2,1-4H3. The fraction of sp³-hybridized carbons (Fsp3) is 0.750. The molecular weight excluding hydrogens is 186 g/mol. The van der Waals surface area contributed by atoms with Crippen molar-refractivity contribution in [2.45, 2.75) is 47.2 Å². The molecule has 86 valence electrons. The van der Waals surface area contributed by atoms with Crippen LogP contribution >= 0.6 is 0 Å². The van der Waals surface area contributed by atoms with Crippen LogP contribution in [0, 0.1) is 12.8 Å². The van der Waals surface area contributed by atoms with Gasteiger partial charge in [0.25, 0.3) is 0 Å². The first-order valence-corrected chi connectivity index (χ1v) is 5.87. The molecule has 1 N–H and O–H groups in total. The van der Waals surface area contributed by atoms with E-state index in [1.165, 1.54) is 12.0 Å². The molecule has 1 aromatic heterocycles. The second-order valence-electron chi connectivity index (χ2n) is 4.45. The normalized spacial score (nSPS) is 11.3. The minimum Gasteiger partial charge on any atom is -0.313 e. The Morgan fingerprint density at radius 3 is 2.73 bits per heavy atom. The number of aromatic nitrogens is 2. The molecule has 0 spiro atoms. The van der Waals surface area contributed by atoms with Gasteiger partial charge in [-0.1, -0.05) is 13.8 Å². The molecular formula is C12H23N3. The predicted molar refractivity (Wildman–Crippen MR) is 63.8 cm³/mol. The molecule has 0 aromatic carbocycles. The molecule has 0 unspecified atom stereocenters. The topological polar surface area (TPSA) is 29.9 Å². The van der Waals surface area contributed by atoms with E-state index in [0.717, 1.165) is 31.2 Å². The van der Waals surface area contributed by atoms with Gasteiger partial charge >= 0.3 is 0 Å². The van der Waals surface area contributed by atoms with Crippen LogP contribution in [0.5, 0.6) is 0 Å². The van der Waals surface area contributed by atoms with Crippen molar-refractivity contribution in [3.05, 3.63) is 17.5 Å². The number of hydrogen-bond acceptors (Lipinski definition) is 2. The van der Waals surface area contributed by atoms with Gasteiger partial charge in [0, 0.05) is 24.8 Å². The Morgan fingerprint density at radius 1 is 1.47 bits per heavy atom. The summed E-state index contributed by atoms with van der Waals surface area (Å²) >= 11 is 0. The van der Waals surface area contributed by atoms with Crippen molar-refractivity contribution in [1.29, 1.82) is 0 Å². The van der Waals surface area contributed by atoms with Crippen molar-refractivity contribution in [1.82, 2.24) is 15.1 Å². The number of hydrogen-bond donors (Lipinski definition) is 1. The monoisotopic (exact) mass is 209 g/mol. The third-order valence-electron chi connectivity index (χ3n) is 2.59. The summed E-state index contributed by atoms with van der Waals surface area (Å²) in [4.78, 5) is 0. The van der Waals surface area contributed by atoms with E-state index in [1.54, 1.807) is 0 Å². The van der Waals surface area contributed by atoms with Crippen molar-refractivity contribution >= 4 is 0 Å². The quantitative estimate of drug-likeness (QED) is 0.729. The number of nitrogens with zero attached hydrogens (tertiary/aromatic N) is 2. The summed E-state index contributed by atoms with van der Waals surface area (Å²) < 4.78 is 1.99. The number of aryl methyl sites for hydroxylation is 2. The third kappa shape index (κ3) is 4.04. The van der Waals surface area contributed by atoms with Crippen LogP contribution in [-0.4, -0.2) is 16.3 Å². The fourth-order valence-corrected chi connectivity index (χ4v) is 1.51. The maximum absolute atomic E-state index is 4.42. The SMILES string of the molecule is CCn1cc(CNCCC(C)C)c(C)n1. The van der Waals surface area contributed by atoms with Crippen molar-refractivity contribution in [2.24, 2.45) is 5.92 Å². The molecule has 0 aliphatic rings. The van der Waals surface area contributed by atoms with Crippen molar-refractivity contribution in [2.75, 3.05) is 6.54 Å². The van der Waals surface area contributed by atoms with Gasteiger partial charge in [-0.3, -0.25) is 4.68 Å². The van der Waals surface area contributed by atoms with Crippen LogP contribution in [0.15, 0.2) is 6.20 Å². The number of nitrogens with one attached hydrogen (secondary N) is 1. The van der Waals surface area contributed by atoms with E-state index >= 15 is 0 Å². The fourth-order valence-electron chi connectivity index (χ4n) is 1.51. The molecule has 1 rings (SSSR count). The van der Waals surface area contributed by atoms with Crippen LogP contribution in [0.2, 0.25) is 0 Å². The summed E-state index contributed by atoms with van der Waals surface area (Å²) in [5, 5.41) is 7.88. The molecule has 0 radical (unpaired) electrons. The summed E-state index contributed by atoms with van der Waals surface area (Å²) in [5.74, 6) is 0.775. The molecule has 0 amide bonds. The zero-order valence-corrected chi connectivity index (χ0v) is 10.4. The zero-order chi connectivity index (χ0) is 11.3. The number of rotatable bonds is 6. The summed E-state index contributed by atoms with van der Waals surface area (Å²) in [7, 11) is 0. The van der Waals surface area contributed by atoms with Gasteiger partial charge in [-0.05, 0) is 32.7 Å². The molecule has 15 heavy (non-hydrogen) atoms. The van der Waals surface area contributed by atoms with Crippen LogP contribution < -0.4 is 5.32 Å². The van der Waals surface area contributed by atoms with Crippen LogP contribution in [0.1, 0.15) is 38.4 Å². The van der Waals surface area contributed by atoms with E-state index < -0.39 is 0 Å². The molecule has 1 aromatic rings. The highest BCUT2D eigenvalue weighted by atomic mass is 15.3. The van der Waals surface area contributed by atoms with Gasteiger partial charge in [0.1, 0.15) is 0 Å². The van der Waals surface area contributed by atoms with Gasteiger partial charge in [-0.15, -0.1) is 0 Å². The molecule has 0 saturated heterocycles.